The summed E-state index contributed by atoms with van der Waals surface area (Å²) in [6, 6.07) is 0. The molecule has 0 aromatic heterocycles. The fourth-order valence-corrected chi connectivity index (χ4v) is 6.51. The lowest BCUT2D eigenvalue weighted by molar-refractivity contribution is -0.296. The van der Waals surface area contributed by atoms with Gasteiger partial charge in [0.2, 0.25) is 0 Å². The molecular weight excluding hydrogens is 204 g/mol. The highest BCUT2D eigenvalue weighted by Gasteiger charge is 2.72. The van der Waals surface area contributed by atoms with Crippen molar-refractivity contribution in [2.75, 3.05) is 0 Å². The first-order chi connectivity index (χ1) is 7.76. The molecule has 17 heavy (non-hydrogen) atoms. The van der Waals surface area contributed by atoms with Crippen LogP contribution in [0.2, 0.25) is 0 Å². The Bertz CT molecular complexity index is 326. The maximum Gasteiger partial charge on any atom is -0.0182 e. The van der Waals surface area contributed by atoms with Gasteiger partial charge in [-0.3, -0.25) is 0 Å². The number of hydrogen-bond donors (Lipinski definition) is 0. The minimum Gasteiger partial charge on any atom is -0.0625 e. The monoisotopic (exact) mass is 234 g/mol. The van der Waals surface area contributed by atoms with Crippen LogP contribution in [0.25, 0.3) is 0 Å². The van der Waals surface area contributed by atoms with Gasteiger partial charge in [-0.25, -0.2) is 0 Å². The molecule has 3 aliphatic rings. The van der Waals surface area contributed by atoms with Crippen molar-refractivity contribution in [3.63, 3.8) is 0 Å². The molecule has 0 saturated heterocycles. The quantitative estimate of drug-likeness (QED) is 0.621. The first-order valence-electron chi connectivity index (χ1n) is 7.76. The van der Waals surface area contributed by atoms with Crippen LogP contribution in [-0.4, -0.2) is 0 Å². The molecule has 0 aromatic rings. The summed E-state index contributed by atoms with van der Waals surface area (Å²) in [6.07, 6.45) is 5.96. The van der Waals surface area contributed by atoms with E-state index in [9.17, 15) is 0 Å². The van der Waals surface area contributed by atoms with E-state index >= 15 is 0 Å². The molecule has 4 atom stereocenters. The van der Waals surface area contributed by atoms with Crippen LogP contribution in [-0.2, 0) is 0 Å². The molecular formula is C17H30. The first kappa shape index (κ1) is 12.1. The van der Waals surface area contributed by atoms with E-state index in [1.807, 2.05) is 0 Å². The molecule has 3 saturated carbocycles. The summed E-state index contributed by atoms with van der Waals surface area (Å²) >= 11 is 0. The molecule has 0 bridgehead atoms. The predicted octanol–water partition coefficient (Wildman–Crippen LogP) is 5.13. The van der Waals surface area contributed by atoms with Gasteiger partial charge >= 0.3 is 0 Å². The van der Waals surface area contributed by atoms with E-state index in [1.54, 1.807) is 0 Å². The second-order valence-electron chi connectivity index (χ2n) is 8.53. The van der Waals surface area contributed by atoms with Gasteiger partial charge in [-0.15, -0.1) is 0 Å². The Morgan fingerprint density at radius 3 is 2.00 bits per heavy atom. The zero-order chi connectivity index (χ0) is 12.6. The normalized spacial score (nSPS) is 57.5. The minimum absolute atomic E-state index is 0.557. The molecule has 0 spiro atoms. The average molecular weight is 234 g/mol. The maximum atomic E-state index is 2.60. The maximum absolute atomic E-state index is 2.60. The Labute approximate surface area is 108 Å². The number of fused-ring (bicyclic) bond motifs is 1. The van der Waals surface area contributed by atoms with Crippen molar-refractivity contribution < 1.29 is 0 Å². The van der Waals surface area contributed by atoms with Crippen molar-refractivity contribution in [2.24, 2.45) is 39.9 Å². The fourth-order valence-electron chi connectivity index (χ4n) is 6.51. The standard InChI is InChI=1S/C17H30/c1-11-9-16(6,10-11)15(4,5)17-8-7-14(17)12(2)13(17)3/h11-14H,7-10H2,1-6H3. The van der Waals surface area contributed by atoms with Crippen molar-refractivity contribution in [2.45, 2.75) is 67.2 Å². The summed E-state index contributed by atoms with van der Waals surface area (Å²) in [7, 11) is 0. The molecule has 3 aliphatic carbocycles. The van der Waals surface area contributed by atoms with Crippen LogP contribution in [0.4, 0.5) is 0 Å². The van der Waals surface area contributed by atoms with E-state index in [1.165, 1.54) is 25.7 Å². The van der Waals surface area contributed by atoms with Gasteiger partial charge in [-0.05, 0) is 65.6 Å². The number of rotatable bonds is 2. The molecule has 3 rings (SSSR count). The van der Waals surface area contributed by atoms with Crippen LogP contribution in [0, 0.1) is 39.9 Å². The van der Waals surface area contributed by atoms with Gasteiger partial charge in [-0.1, -0.05) is 41.5 Å². The molecule has 0 heteroatoms. The molecule has 0 aromatic carbocycles. The Morgan fingerprint density at radius 2 is 1.65 bits per heavy atom. The van der Waals surface area contributed by atoms with Gasteiger partial charge in [0.1, 0.15) is 0 Å². The van der Waals surface area contributed by atoms with E-state index in [2.05, 4.69) is 41.5 Å². The minimum atomic E-state index is 0.557. The van der Waals surface area contributed by atoms with Crippen molar-refractivity contribution in [3.8, 4) is 0 Å². The third kappa shape index (κ3) is 1.08. The van der Waals surface area contributed by atoms with Gasteiger partial charge in [-0.2, -0.15) is 0 Å². The molecule has 0 nitrogen and oxygen atoms in total. The Hall–Kier alpha value is 0. The molecule has 0 radical (unpaired) electrons. The van der Waals surface area contributed by atoms with Gasteiger partial charge in [0.25, 0.3) is 0 Å². The first-order valence-corrected chi connectivity index (χ1v) is 7.76. The summed E-state index contributed by atoms with van der Waals surface area (Å²) < 4.78 is 0. The SMILES string of the molecule is CC1CC(C)(C(C)(C)C23CCC2C(C)C3C)C1. The third-order valence-electron chi connectivity index (χ3n) is 8.04. The predicted molar refractivity (Wildman–Crippen MR) is 73.8 cm³/mol. The highest BCUT2D eigenvalue weighted by Crippen LogP contribution is 2.79. The average Bonchev–Trinajstić information content (AvgIpc) is 2.13. The van der Waals surface area contributed by atoms with Gasteiger partial charge in [0, 0.05) is 0 Å². The summed E-state index contributed by atoms with van der Waals surface area (Å²) in [5, 5.41) is 0. The Balaban J connectivity index is 1.89. The summed E-state index contributed by atoms with van der Waals surface area (Å²) in [6.45, 7) is 15.2. The van der Waals surface area contributed by atoms with E-state index in [0.717, 1.165) is 23.7 Å². The van der Waals surface area contributed by atoms with Gasteiger partial charge in [0.15, 0.2) is 0 Å². The molecule has 0 amide bonds. The second kappa shape index (κ2) is 3.11. The van der Waals surface area contributed by atoms with Crippen molar-refractivity contribution in [1.29, 1.82) is 0 Å². The summed E-state index contributed by atoms with van der Waals surface area (Å²) in [5.41, 5.74) is 1.89. The van der Waals surface area contributed by atoms with Gasteiger partial charge in [0.05, 0.1) is 0 Å². The van der Waals surface area contributed by atoms with Crippen molar-refractivity contribution in [3.05, 3.63) is 0 Å². The van der Waals surface area contributed by atoms with Crippen LogP contribution in [0.3, 0.4) is 0 Å². The van der Waals surface area contributed by atoms with Crippen LogP contribution >= 0.6 is 0 Å². The Kier molecular flexibility index (Phi) is 2.21. The Morgan fingerprint density at radius 1 is 1.06 bits per heavy atom. The van der Waals surface area contributed by atoms with E-state index in [0.29, 0.717) is 16.2 Å². The lowest BCUT2D eigenvalue weighted by atomic mass is 9.27. The lowest BCUT2D eigenvalue weighted by Crippen LogP contribution is -2.71. The van der Waals surface area contributed by atoms with E-state index in [4.69, 9.17) is 0 Å². The lowest BCUT2D eigenvalue weighted by Gasteiger charge is -2.78. The third-order valence-corrected chi connectivity index (χ3v) is 8.04. The molecule has 0 N–H and O–H groups in total. The molecule has 98 valence electrons. The second-order valence-corrected chi connectivity index (χ2v) is 8.53. The highest BCUT2D eigenvalue weighted by atomic mass is 14.8. The molecule has 4 unspecified atom stereocenters. The van der Waals surface area contributed by atoms with E-state index < -0.39 is 0 Å². The highest BCUT2D eigenvalue weighted by molar-refractivity contribution is 5.21. The van der Waals surface area contributed by atoms with Crippen molar-refractivity contribution in [1.82, 2.24) is 0 Å². The number of hydrogen-bond acceptors (Lipinski definition) is 0. The summed E-state index contributed by atoms with van der Waals surface area (Å²) in [4.78, 5) is 0. The molecule has 3 fully saturated rings. The van der Waals surface area contributed by atoms with Gasteiger partial charge < -0.3 is 0 Å². The summed E-state index contributed by atoms with van der Waals surface area (Å²) in [5.74, 6) is 3.98. The van der Waals surface area contributed by atoms with Crippen LogP contribution in [0.5, 0.6) is 0 Å². The van der Waals surface area contributed by atoms with Crippen LogP contribution < -0.4 is 0 Å². The van der Waals surface area contributed by atoms with Crippen molar-refractivity contribution >= 4 is 0 Å². The topological polar surface area (TPSA) is 0 Å². The molecule has 0 heterocycles. The van der Waals surface area contributed by atoms with Crippen LogP contribution in [0.1, 0.15) is 67.2 Å². The van der Waals surface area contributed by atoms with E-state index in [-0.39, 0.29) is 0 Å². The fraction of sp³-hybridized carbons (Fsp3) is 1.00. The largest absolute Gasteiger partial charge is 0.0625 e. The van der Waals surface area contributed by atoms with Crippen LogP contribution in [0.15, 0.2) is 0 Å². The molecule has 0 aliphatic heterocycles. The zero-order valence-corrected chi connectivity index (χ0v) is 12.6. The smallest absolute Gasteiger partial charge is 0.0182 e. The zero-order valence-electron chi connectivity index (χ0n) is 12.6.